The van der Waals surface area contributed by atoms with E-state index >= 15 is 0 Å². The van der Waals surface area contributed by atoms with E-state index in [9.17, 15) is 13.2 Å². The number of hydrazone groups is 1. The second-order valence-electron chi connectivity index (χ2n) is 5.68. The van der Waals surface area contributed by atoms with Gasteiger partial charge in [0.25, 0.3) is 10.0 Å². The van der Waals surface area contributed by atoms with Gasteiger partial charge in [-0.25, -0.2) is 0 Å². The highest BCUT2D eigenvalue weighted by Gasteiger charge is 2.16. The Hall–Kier alpha value is -2.87. The first-order chi connectivity index (χ1) is 12.9. The second kappa shape index (κ2) is 9.18. The number of ether oxygens (including phenoxy) is 2. The molecule has 0 spiro atoms. The lowest BCUT2D eigenvalue weighted by molar-refractivity contribution is -0.141. The summed E-state index contributed by atoms with van der Waals surface area (Å²) in [5.74, 6) is 0.135. The lowest BCUT2D eigenvalue weighted by Crippen LogP contribution is -2.22. The van der Waals surface area contributed by atoms with Crippen LogP contribution >= 0.6 is 0 Å². The van der Waals surface area contributed by atoms with Gasteiger partial charge < -0.3 is 9.47 Å². The summed E-state index contributed by atoms with van der Waals surface area (Å²) in [7, 11) is -2.32. The van der Waals surface area contributed by atoms with Crippen LogP contribution in [0, 0.1) is 6.92 Å². The third kappa shape index (κ3) is 5.82. The quantitative estimate of drug-likeness (QED) is 0.425. The summed E-state index contributed by atoms with van der Waals surface area (Å²) in [6.45, 7) is 3.79. The number of methoxy groups -OCH3 is 1. The number of hydrogen-bond donors (Lipinski definition) is 1. The monoisotopic (exact) mass is 390 g/mol. The maximum Gasteiger partial charge on any atom is 0.311 e. The molecule has 0 fully saturated rings. The second-order valence-corrected chi connectivity index (χ2v) is 7.34. The van der Waals surface area contributed by atoms with Crippen LogP contribution in [-0.2, 0) is 19.6 Å². The van der Waals surface area contributed by atoms with E-state index in [1.807, 2.05) is 6.92 Å². The Morgan fingerprint density at radius 2 is 1.70 bits per heavy atom. The van der Waals surface area contributed by atoms with Crippen molar-refractivity contribution in [2.75, 3.05) is 13.7 Å². The molecule has 0 saturated carbocycles. The molecule has 0 aromatic heterocycles. The van der Waals surface area contributed by atoms with Crippen molar-refractivity contribution in [3.8, 4) is 5.75 Å². The van der Waals surface area contributed by atoms with Crippen LogP contribution in [-0.4, -0.2) is 33.8 Å². The zero-order chi connectivity index (χ0) is 19.9. The van der Waals surface area contributed by atoms with Crippen LogP contribution in [0.5, 0.6) is 5.75 Å². The third-order valence-corrected chi connectivity index (χ3v) is 4.90. The number of carbonyl (C=O) groups is 1. The zero-order valence-electron chi connectivity index (χ0n) is 15.4. The maximum atomic E-state index is 12.4. The van der Waals surface area contributed by atoms with Gasteiger partial charge in [0, 0.05) is 0 Å². The van der Waals surface area contributed by atoms with E-state index in [0.29, 0.717) is 11.3 Å². The first-order valence-electron chi connectivity index (χ1n) is 8.31. The Morgan fingerprint density at radius 3 is 2.26 bits per heavy atom. The summed E-state index contributed by atoms with van der Waals surface area (Å²) in [6, 6.07) is 13.2. The maximum absolute atomic E-state index is 12.4. The third-order valence-electron chi connectivity index (χ3n) is 3.67. The first-order valence-corrected chi connectivity index (χ1v) is 9.79. The Labute approximate surface area is 159 Å². The molecule has 0 saturated heterocycles. The van der Waals surface area contributed by atoms with E-state index in [1.54, 1.807) is 50.4 Å². The summed E-state index contributed by atoms with van der Waals surface area (Å²) in [5.41, 5.74) is 1.76. The molecule has 1 N–H and O–H groups in total. The lowest BCUT2D eigenvalue weighted by atomic mass is 10.1. The topological polar surface area (TPSA) is 94.1 Å². The van der Waals surface area contributed by atoms with Crippen molar-refractivity contribution in [1.29, 1.82) is 0 Å². The van der Waals surface area contributed by atoms with Gasteiger partial charge in [-0.3, -0.25) is 4.79 Å². The molecule has 0 atom stereocenters. The number of nitrogens with zero attached hydrogens (tertiary/aromatic N) is 1. The highest BCUT2D eigenvalue weighted by Crippen LogP contribution is 2.15. The number of hydrogen-bond acceptors (Lipinski definition) is 6. The van der Waals surface area contributed by atoms with Crippen molar-refractivity contribution in [1.82, 2.24) is 4.83 Å². The minimum Gasteiger partial charge on any atom is -0.497 e. The molecular formula is C19H22N2O5S. The number of rotatable bonds is 8. The summed E-state index contributed by atoms with van der Waals surface area (Å²) < 4.78 is 34.9. The molecule has 2 aromatic rings. The predicted molar refractivity (Wildman–Crippen MR) is 102 cm³/mol. The van der Waals surface area contributed by atoms with Crippen LogP contribution in [0.1, 0.15) is 24.5 Å². The lowest BCUT2D eigenvalue weighted by Gasteiger charge is -2.09. The normalized spacial score (nSPS) is 11.7. The highest BCUT2D eigenvalue weighted by atomic mass is 32.2. The number of sulfonamides is 1. The Kier molecular flexibility index (Phi) is 6.95. The standard InChI is InChI=1S/C19H22N2O5S/c1-4-26-19(22)13-18(15-7-9-16(25-3)10-8-15)20-21-27(23,24)17-11-5-14(2)6-12-17/h5-12,21H,4,13H2,1-3H3. The molecule has 0 radical (unpaired) electrons. The van der Waals surface area contributed by atoms with Crippen molar-refractivity contribution < 1.29 is 22.7 Å². The average molecular weight is 390 g/mol. The minimum atomic E-state index is -3.86. The van der Waals surface area contributed by atoms with Gasteiger partial charge in [-0.1, -0.05) is 17.7 Å². The minimum absolute atomic E-state index is 0.0852. The van der Waals surface area contributed by atoms with Gasteiger partial charge in [0.2, 0.25) is 0 Å². The zero-order valence-corrected chi connectivity index (χ0v) is 16.2. The number of nitrogens with one attached hydrogen (secondary N) is 1. The Balaban J connectivity index is 2.30. The molecule has 0 aliphatic heterocycles. The molecule has 7 nitrogen and oxygen atoms in total. The van der Waals surface area contributed by atoms with Crippen LogP contribution in [0.25, 0.3) is 0 Å². The fourth-order valence-corrected chi connectivity index (χ4v) is 3.05. The van der Waals surface area contributed by atoms with Crippen molar-refractivity contribution in [2.45, 2.75) is 25.2 Å². The van der Waals surface area contributed by atoms with E-state index in [4.69, 9.17) is 9.47 Å². The molecular weight excluding hydrogens is 368 g/mol. The van der Waals surface area contributed by atoms with Crippen molar-refractivity contribution in [3.05, 3.63) is 59.7 Å². The van der Waals surface area contributed by atoms with Gasteiger partial charge in [0.1, 0.15) is 5.75 Å². The molecule has 0 amide bonds. The average Bonchev–Trinajstić information content (AvgIpc) is 2.66. The first kappa shape index (κ1) is 20.4. The van der Waals surface area contributed by atoms with Crippen LogP contribution in [0.2, 0.25) is 0 Å². The van der Waals surface area contributed by atoms with Gasteiger partial charge >= 0.3 is 5.97 Å². The van der Waals surface area contributed by atoms with E-state index in [0.717, 1.165) is 5.56 Å². The smallest absolute Gasteiger partial charge is 0.311 e. The van der Waals surface area contributed by atoms with Gasteiger partial charge in [-0.15, -0.1) is 0 Å². The Morgan fingerprint density at radius 1 is 1.07 bits per heavy atom. The van der Waals surface area contributed by atoms with E-state index in [2.05, 4.69) is 9.93 Å². The van der Waals surface area contributed by atoms with Crippen LogP contribution in [0.3, 0.4) is 0 Å². The number of carbonyl (C=O) groups excluding carboxylic acids is 1. The molecule has 2 rings (SSSR count). The molecule has 27 heavy (non-hydrogen) atoms. The van der Waals surface area contributed by atoms with Crippen molar-refractivity contribution in [2.24, 2.45) is 5.10 Å². The van der Waals surface area contributed by atoms with Crippen LogP contribution in [0.15, 0.2) is 58.5 Å². The molecule has 0 heterocycles. The van der Waals surface area contributed by atoms with Gasteiger partial charge in [0.15, 0.2) is 0 Å². The van der Waals surface area contributed by atoms with Crippen molar-refractivity contribution in [3.63, 3.8) is 0 Å². The fraction of sp³-hybridized carbons (Fsp3) is 0.263. The van der Waals surface area contributed by atoms with Crippen LogP contribution in [0.4, 0.5) is 0 Å². The summed E-state index contributed by atoms with van der Waals surface area (Å²) in [6.07, 6.45) is -0.170. The highest BCUT2D eigenvalue weighted by molar-refractivity contribution is 7.89. The molecule has 0 unspecified atom stereocenters. The SMILES string of the molecule is CCOC(=O)CC(=NNS(=O)(=O)c1ccc(C)cc1)c1ccc(OC)cc1. The number of esters is 1. The number of aryl methyl sites for hydroxylation is 1. The summed E-state index contributed by atoms with van der Waals surface area (Å²) in [5, 5.41) is 3.98. The fourth-order valence-electron chi connectivity index (χ4n) is 2.22. The number of benzene rings is 2. The molecule has 0 aliphatic rings. The molecule has 0 bridgehead atoms. The molecule has 0 aliphatic carbocycles. The van der Waals surface area contributed by atoms with Crippen LogP contribution < -0.4 is 9.57 Å². The summed E-state index contributed by atoms with van der Waals surface area (Å²) in [4.78, 5) is 14.2. The molecule has 144 valence electrons. The van der Waals surface area contributed by atoms with Gasteiger partial charge in [-0.05, 0) is 55.8 Å². The predicted octanol–water partition coefficient (Wildman–Crippen LogP) is 2.64. The van der Waals surface area contributed by atoms with E-state index < -0.39 is 16.0 Å². The van der Waals surface area contributed by atoms with Gasteiger partial charge in [0.05, 0.1) is 30.7 Å². The summed E-state index contributed by atoms with van der Waals surface area (Å²) >= 11 is 0. The van der Waals surface area contributed by atoms with Gasteiger partial charge in [-0.2, -0.15) is 18.4 Å². The van der Waals surface area contributed by atoms with Crippen molar-refractivity contribution >= 4 is 21.7 Å². The Bertz CT molecular complexity index is 904. The largest absolute Gasteiger partial charge is 0.497 e. The molecule has 8 heteroatoms. The molecule has 2 aromatic carbocycles. The van der Waals surface area contributed by atoms with E-state index in [-0.39, 0.29) is 23.6 Å². The van der Waals surface area contributed by atoms with E-state index in [1.165, 1.54) is 12.1 Å².